The molecule has 1 aliphatic rings. The first-order valence-corrected chi connectivity index (χ1v) is 8.57. The van der Waals surface area contributed by atoms with Crippen molar-refractivity contribution < 1.29 is 0 Å². The number of aryl methyl sites for hydroxylation is 1. The van der Waals surface area contributed by atoms with Gasteiger partial charge >= 0.3 is 0 Å². The minimum absolute atomic E-state index is 0. The van der Waals surface area contributed by atoms with Crippen LogP contribution in [0.4, 0.5) is 0 Å². The molecule has 0 spiro atoms. The molecular formula is C16H32IN7. The van der Waals surface area contributed by atoms with Gasteiger partial charge < -0.3 is 15.5 Å². The van der Waals surface area contributed by atoms with Gasteiger partial charge in [0.1, 0.15) is 0 Å². The van der Waals surface area contributed by atoms with Gasteiger partial charge in [0.2, 0.25) is 0 Å². The molecular weight excluding hydrogens is 417 g/mol. The van der Waals surface area contributed by atoms with Crippen LogP contribution in [0.2, 0.25) is 0 Å². The van der Waals surface area contributed by atoms with Crippen molar-refractivity contribution in [3.8, 4) is 0 Å². The lowest BCUT2D eigenvalue weighted by Gasteiger charge is -2.36. The molecule has 24 heavy (non-hydrogen) atoms. The second-order valence-electron chi connectivity index (χ2n) is 6.17. The summed E-state index contributed by atoms with van der Waals surface area (Å²) in [6.45, 7) is 8.97. The van der Waals surface area contributed by atoms with Crippen LogP contribution in [0.5, 0.6) is 0 Å². The van der Waals surface area contributed by atoms with Crippen LogP contribution in [0.1, 0.15) is 13.3 Å². The Labute approximate surface area is 162 Å². The van der Waals surface area contributed by atoms with E-state index in [4.69, 9.17) is 4.99 Å². The third-order valence-electron chi connectivity index (χ3n) is 4.20. The highest BCUT2D eigenvalue weighted by atomic mass is 127. The summed E-state index contributed by atoms with van der Waals surface area (Å²) in [6.07, 6.45) is 4.84. The van der Waals surface area contributed by atoms with Crippen molar-refractivity contribution in [3.05, 3.63) is 18.5 Å². The summed E-state index contributed by atoms with van der Waals surface area (Å²) in [4.78, 5) is 9.55. The van der Waals surface area contributed by atoms with Gasteiger partial charge in [-0.3, -0.25) is 14.6 Å². The summed E-state index contributed by atoms with van der Waals surface area (Å²) in [5, 5.41) is 11.0. The van der Waals surface area contributed by atoms with E-state index in [9.17, 15) is 0 Å². The molecule has 1 aromatic heterocycles. The molecule has 0 aromatic carbocycles. The number of aromatic nitrogens is 2. The average molecular weight is 449 g/mol. The predicted molar refractivity (Wildman–Crippen MR) is 110 cm³/mol. The molecule has 0 saturated carbocycles. The van der Waals surface area contributed by atoms with Crippen LogP contribution in [-0.2, 0) is 6.54 Å². The van der Waals surface area contributed by atoms with E-state index in [0.717, 1.165) is 58.2 Å². The molecule has 0 radical (unpaired) electrons. The van der Waals surface area contributed by atoms with E-state index in [1.807, 2.05) is 23.1 Å². The Hall–Kier alpha value is -0.870. The fourth-order valence-corrected chi connectivity index (χ4v) is 2.72. The van der Waals surface area contributed by atoms with E-state index in [0.29, 0.717) is 6.04 Å². The van der Waals surface area contributed by atoms with Gasteiger partial charge in [0.05, 0.1) is 6.54 Å². The zero-order chi connectivity index (χ0) is 16.5. The predicted octanol–water partition coefficient (Wildman–Crippen LogP) is 0.692. The molecule has 0 bridgehead atoms. The Kier molecular flexibility index (Phi) is 10.3. The minimum Gasteiger partial charge on any atom is -0.357 e. The third kappa shape index (κ3) is 7.35. The number of halogens is 1. The summed E-state index contributed by atoms with van der Waals surface area (Å²) in [5.74, 6) is 0.912. The molecule has 7 nitrogen and oxygen atoms in total. The van der Waals surface area contributed by atoms with E-state index in [1.54, 1.807) is 0 Å². The van der Waals surface area contributed by atoms with Gasteiger partial charge in [0, 0.05) is 57.7 Å². The monoisotopic (exact) mass is 449 g/mol. The zero-order valence-corrected chi connectivity index (χ0v) is 17.4. The number of rotatable bonds is 7. The number of aliphatic imine (C=N–C) groups is 1. The number of hydrogen-bond donors (Lipinski definition) is 2. The van der Waals surface area contributed by atoms with Crippen LogP contribution >= 0.6 is 24.0 Å². The summed E-state index contributed by atoms with van der Waals surface area (Å²) in [7, 11) is 4.38. The van der Waals surface area contributed by atoms with E-state index >= 15 is 0 Å². The number of hydrogen-bond acceptors (Lipinski definition) is 4. The fourth-order valence-electron chi connectivity index (χ4n) is 2.72. The highest BCUT2D eigenvalue weighted by molar-refractivity contribution is 14.0. The lowest BCUT2D eigenvalue weighted by Crippen LogP contribution is -2.51. The Morgan fingerprint density at radius 2 is 2.12 bits per heavy atom. The molecule has 0 amide bonds. The molecule has 138 valence electrons. The first kappa shape index (κ1) is 21.2. The fraction of sp³-hybridized carbons (Fsp3) is 0.750. The summed E-state index contributed by atoms with van der Waals surface area (Å²) in [5.41, 5.74) is 0. The molecule has 0 aliphatic carbocycles. The van der Waals surface area contributed by atoms with Crippen molar-refractivity contribution in [3.63, 3.8) is 0 Å². The van der Waals surface area contributed by atoms with Crippen molar-refractivity contribution in [2.24, 2.45) is 4.99 Å². The smallest absolute Gasteiger partial charge is 0.191 e. The first-order chi connectivity index (χ1) is 11.2. The highest BCUT2D eigenvalue weighted by Gasteiger charge is 2.21. The highest BCUT2D eigenvalue weighted by Crippen LogP contribution is 2.06. The molecule has 2 rings (SSSR count). The molecule has 2 N–H and O–H groups in total. The van der Waals surface area contributed by atoms with Gasteiger partial charge in [-0.15, -0.1) is 24.0 Å². The Balaban J connectivity index is 0.00000288. The molecule has 1 unspecified atom stereocenters. The molecule has 2 heterocycles. The van der Waals surface area contributed by atoms with Crippen molar-refractivity contribution in [1.82, 2.24) is 30.2 Å². The Morgan fingerprint density at radius 3 is 2.83 bits per heavy atom. The number of likely N-dealkylation sites (N-methyl/N-ethyl adjacent to an activating group) is 2. The van der Waals surface area contributed by atoms with Crippen LogP contribution in [0, 0.1) is 0 Å². The molecule has 8 heteroatoms. The van der Waals surface area contributed by atoms with Crippen LogP contribution in [0.25, 0.3) is 0 Å². The molecule has 1 saturated heterocycles. The molecule has 1 atom stereocenters. The lowest BCUT2D eigenvalue weighted by molar-refractivity contribution is 0.119. The quantitative estimate of drug-likeness (QED) is 0.278. The topological polar surface area (TPSA) is 60.7 Å². The SMILES string of the molecule is CCNC(=NCC1CN(C)CCN1C)NCCCn1cccn1.I. The normalized spacial score (nSPS) is 19.8. The summed E-state index contributed by atoms with van der Waals surface area (Å²) < 4.78 is 1.96. The number of nitrogens with one attached hydrogen (secondary N) is 2. The maximum absolute atomic E-state index is 4.76. The van der Waals surface area contributed by atoms with Crippen molar-refractivity contribution in [2.45, 2.75) is 25.9 Å². The third-order valence-corrected chi connectivity index (χ3v) is 4.20. The van der Waals surface area contributed by atoms with Gasteiger partial charge in [0.25, 0.3) is 0 Å². The lowest BCUT2D eigenvalue weighted by atomic mass is 10.2. The van der Waals surface area contributed by atoms with E-state index in [2.05, 4.69) is 46.6 Å². The maximum atomic E-state index is 4.76. The standard InChI is InChI=1S/C16H31N7.HI/c1-4-17-16(18-7-5-9-23-10-6-8-20-23)19-13-15-14-21(2)11-12-22(15)3;/h6,8,10,15H,4-5,7,9,11-14H2,1-3H3,(H2,17,18,19);1H. The van der Waals surface area contributed by atoms with Crippen LogP contribution in [0.15, 0.2) is 23.5 Å². The van der Waals surface area contributed by atoms with E-state index < -0.39 is 0 Å². The number of guanidine groups is 1. The molecule has 1 aliphatic heterocycles. The second kappa shape index (κ2) is 11.6. The van der Waals surface area contributed by atoms with Crippen LogP contribution < -0.4 is 10.6 Å². The van der Waals surface area contributed by atoms with Crippen molar-refractivity contribution >= 4 is 29.9 Å². The van der Waals surface area contributed by atoms with Gasteiger partial charge in [-0.25, -0.2) is 0 Å². The summed E-state index contributed by atoms with van der Waals surface area (Å²) >= 11 is 0. The van der Waals surface area contributed by atoms with E-state index in [-0.39, 0.29) is 24.0 Å². The number of nitrogens with zero attached hydrogens (tertiary/aromatic N) is 5. The zero-order valence-electron chi connectivity index (χ0n) is 15.1. The van der Waals surface area contributed by atoms with E-state index in [1.165, 1.54) is 0 Å². The van der Waals surface area contributed by atoms with Gasteiger partial charge in [-0.1, -0.05) is 0 Å². The Morgan fingerprint density at radius 1 is 1.29 bits per heavy atom. The molecule has 1 fully saturated rings. The van der Waals surface area contributed by atoms with Crippen molar-refractivity contribution in [2.75, 3.05) is 53.4 Å². The first-order valence-electron chi connectivity index (χ1n) is 8.57. The molecule has 1 aromatic rings. The minimum atomic E-state index is 0. The van der Waals surface area contributed by atoms with Gasteiger partial charge in [-0.05, 0) is 33.5 Å². The van der Waals surface area contributed by atoms with Gasteiger partial charge in [0.15, 0.2) is 5.96 Å². The average Bonchev–Trinajstić information content (AvgIpc) is 3.05. The largest absolute Gasteiger partial charge is 0.357 e. The van der Waals surface area contributed by atoms with Crippen molar-refractivity contribution in [1.29, 1.82) is 0 Å². The summed E-state index contributed by atoms with van der Waals surface area (Å²) in [6, 6.07) is 2.45. The van der Waals surface area contributed by atoms with Crippen LogP contribution in [-0.4, -0.2) is 84.9 Å². The Bertz CT molecular complexity index is 463. The number of piperazine rings is 1. The van der Waals surface area contributed by atoms with Crippen LogP contribution in [0.3, 0.4) is 0 Å². The van der Waals surface area contributed by atoms with Gasteiger partial charge in [-0.2, -0.15) is 5.10 Å². The second-order valence-corrected chi connectivity index (χ2v) is 6.17. The maximum Gasteiger partial charge on any atom is 0.191 e.